The van der Waals surface area contributed by atoms with Gasteiger partial charge in [0, 0.05) is 0 Å². The van der Waals surface area contributed by atoms with Crippen LogP contribution in [-0.2, 0) is 0 Å². The van der Waals surface area contributed by atoms with Gasteiger partial charge in [-0.1, -0.05) is 60.3 Å². The van der Waals surface area contributed by atoms with Gasteiger partial charge in [-0.05, 0) is 29.9 Å². The molecule has 5 nitrogen and oxygen atoms in total. The second kappa shape index (κ2) is 6.02. The first-order valence-electron chi connectivity index (χ1n) is 7.10. The van der Waals surface area contributed by atoms with Gasteiger partial charge in [0.15, 0.2) is 15.6 Å². The number of rotatable bonds is 3. The number of H-pyrrole nitrogens is 1. The van der Waals surface area contributed by atoms with Crippen molar-refractivity contribution in [1.29, 1.82) is 0 Å². The minimum atomic E-state index is 0.0498. The van der Waals surface area contributed by atoms with Gasteiger partial charge in [0.2, 0.25) is 0 Å². The van der Waals surface area contributed by atoms with Crippen molar-refractivity contribution < 1.29 is 0 Å². The standard InChI is InChI=1S/C16H13N5S2/c22-16-20-18-13-14(19-17-12-9-5-2-6-10-12)23-15(21(13)16)11-7-3-1-4-8-11/h1-10,15,17H,(H,20,22)/b19-14-. The van der Waals surface area contributed by atoms with Crippen LogP contribution in [0, 0.1) is 4.77 Å². The Balaban J connectivity index is 1.70. The van der Waals surface area contributed by atoms with Crippen LogP contribution in [0.2, 0.25) is 0 Å². The summed E-state index contributed by atoms with van der Waals surface area (Å²) >= 11 is 7.01. The topological polar surface area (TPSA) is 58.0 Å². The van der Waals surface area contributed by atoms with Crippen molar-refractivity contribution in [3.8, 4) is 0 Å². The average Bonchev–Trinajstić information content (AvgIpc) is 3.16. The molecule has 7 heteroatoms. The normalized spacial score (nSPS) is 18.1. The molecule has 0 fully saturated rings. The Bertz CT molecular complexity index is 899. The maximum Gasteiger partial charge on any atom is 0.196 e. The number of hydrogen-bond donors (Lipinski definition) is 2. The molecule has 2 aromatic carbocycles. The molecule has 0 saturated carbocycles. The zero-order valence-corrected chi connectivity index (χ0v) is 13.6. The fourth-order valence-electron chi connectivity index (χ4n) is 2.42. The minimum absolute atomic E-state index is 0.0498. The zero-order chi connectivity index (χ0) is 15.6. The third kappa shape index (κ3) is 2.69. The van der Waals surface area contributed by atoms with E-state index in [0.29, 0.717) is 4.77 Å². The number of nitrogens with zero attached hydrogens (tertiary/aromatic N) is 3. The van der Waals surface area contributed by atoms with Crippen LogP contribution >= 0.6 is 24.0 Å². The molecule has 23 heavy (non-hydrogen) atoms. The molecule has 2 N–H and O–H groups in total. The number of anilines is 1. The number of hydrazone groups is 1. The van der Waals surface area contributed by atoms with Crippen LogP contribution in [-0.4, -0.2) is 19.8 Å². The van der Waals surface area contributed by atoms with Gasteiger partial charge in [-0.25, -0.2) is 0 Å². The van der Waals surface area contributed by atoms with Crippen molar-refractivity contribution in [2.24, 2.45) is 5.10 Å². The largest absolute Gasteiger partial charge is 0.281 e. The van der Waals surface area contributed by atoms with E-state index in [-0.39, 0.29) is 5.37 Å². The summed E-state index contributed by atoms with van der Waals surface area (Å²) in [4.78, 5) is 0. The Kier molecular flexibility index (Phi) is 3.72. The molecular formula is C16H13N5S2. The molecule has 1 aromatic heterocycles. The predicted octanol–water partition coefficient (Wildman–Crippen LogP) is 4.01. The first kappa shape index (κ1) is 14.2. The molecule has 1 aliphatic heterocycles. The van der Waals surface area contributed by atoms with Gasteiger partial charge in [-0.3, -0.25) is 15.1 Å². The highest BCUT2D eigenvalue weighted by Gasteiger charge is 2.32. The van der Waals surface area contributed by atoms with Crippen LogP contribution < -0.4 is 5.43 Å². The highest BCUT2D eigenvalue weighted by molar-refractivity contribution is 8.15. The Morgan fingerprint density at radius 1 is 1.09 bits per heavy atom. The number of benzene rings is 2. The number of fused-ring (bicyclic) bond motifs is 1. The van der Waals surface area contributed by atoms with Crippen LogP contribution in [0.5, 0.6) is 0 Å². The third-order valence-electron chi connectivity index (χ3n) is 3.50. The summed E-state index contributed by atoms with van der Waals surface area (Å²) < 4.78 is 2.60. The molecule has 2 heterocycles. The molecule has 0 amide bonds. The molecule has 114 valence electrons. The molecule has 4 rings (SSSR count). The Labute approximate surface area is 142 Å². The summed E-state index contributed by atoms with van der Waals surface area (Å²) in [6.07, 6.45) is 0. The lowest BCUT2D eigenvalue weighted by Gasteiger charge is -2.10. The third-order valence-corrected chi connectivity index (χ3v) is 4.99. The maximum atomic E-state index is 5.38. The second-order valence-electron chi connectivity index (χ2n) is 5.00. The summed E-state index contributed by atoms with van der Waals surface area (Å²) in [5.41, 5.74) is 5.18. The van der Waals surface area contributed by atoms with Crippen molar-refractivity contribution in [2.45, 2.75) is 5.37 Å². The molecule has 1 atom stereocenters. The van der Waals surface area contributed by atoms with E-state index < -0.39 is 0 Å². The van der Waals surface area contributed by atoms with E-state index in [1.165, 1.54) is 5.56 Å². The van der Waals surface area contributed by atoms with Crippen LogP contribution in [0.1, 0.15) is 16.8 Å². The van der Waals surface area contributed by atoms with E-state index in [0.717, 1.165) is 16.6 Å². The molecule has 0 bridgehead atoms. The van der Waals surface area contributed by atoms with E-state index in [1.54, 1.807) is 11.8 Å². The number of para-hydroxylation sites is 1. The Morgan fingerprint density at radius 2 is 1.78 bits per heavy atom. The number of aromatic nitrogens is 3. The summed E-state index contributed by atoms with van der Waals surface area (Å²) in [6, 6.07) is 20.1. The minimum Gasteiger partial charge on any atom is -0.281 e. The number of aromatic amines is 1. The number of nitrogens with one attached hydrogen (secondary N) is 2. The van der Waals surface area contributed by atoms with Crippen molar-refractivity contribution in [3.63, 3.8) is 0 Å². The SMILES string of the molecule is S=c1[nH]nc2n1C(c1ccccc1)S/C2=N\Nc1ccccc1. The van der Waals surface area contributed by atoms with Gasteiger partial charge in [-0.2, -0.15) is 10.2 Å². The lowest BCUT2D eigenvalue weighted by Crippen LogP contribution is -2.03. The molecule has 3 aromatic rings. The van der Waals surface area contributed by atoms with Crippen molar-refractivity contribution >= 4 is 34.7 Å². The summed E-state index contributed by atoms with van der Waals surface area (Å²) in [5.74, 6) is 0.761. The van der Waals surface area contributed by atoms with Crippen molar-refractivity contribution in [2.75, 3.05) is 5.43 Å². The highest BCUT2D eigenvalue weighted by atomic mass is 32.2. The first-order valence-corrected chi connectivity index (χ1v) is 8.39. The summed E-state index contributed by atoms with van der Waals surface area (Å²) in [7, 11) is 0. The van der Waals surface area contributed by atoms with Crippen molar-refractivity contribution in [1.82, 2.24) is 14.8 Å². The van der Waals surface area contributed by atoms with E-state index >= 15 is 0 Å². The van der Waals surface area contributed by atoms with Crippen LogP contribution in [0.25, 0.3) is 0 Å². The fourth-order valence-corrected chi connectivity index (χ4v) is 3.89. The lowest BCUT2D eigenvalue weighted by molar-refractivity contribution is 0.768. The lowest BCUT2D eigenvalue weighted by atomic mass is 10.2. The molecule has 0 radical (unpaired) electrons. The number of hydrogen-bond acceptors (Lipinski definition) is 5. The first-order chi connectivity index (χ1) is 11.3. The van der Waals surface area contributed by atoms with E-state index in [9.17, 15) is 0 Å². The van der Waals surface area contributed by atoms with E-state index in [1.807, 2.05) is 53.1 Å². The van der Waals surface area contributed by atoms with E-state index in [2.05, 4.69) is 32.9 Å². The van der Waals surface area contributed by atoms with Crippen molar-refractivity contribution in [3.05, 3.63) is 76.8 Å². The quantitative estimate of drug-likeness (QED) is 0.559. The smallest absolute Gasteiger partial charge is 0.196 e. The van der Waals surface area contributed by atoms with Gasteiger partial charge in [0.1, 0.15) is 5.37 Å². The molecular weight excluding hydrogens is 326 g/mol. The maximum absolute atomic E-state index is 5.38. The number of thioether (sulfide) groups is 1. The van der Waals surface area contributed by atoms with Gasteiger partial charge >= 0.3 is 0 Å². The predicted molar refractivity (Wildman–Crippen MR) is 96.2 cm³/mol. The second-order valence-corrected chi connectivity index (χ2v) is 6.45. The van der Waals surface area contributed by atoms with Crippen LogP contribution in [0.15, 0.2) is 65.8 Å². The molecule has 1 aliphatic rings. The molecule has 0 aliphatic carbocycles. The Hall–Kier alpha value is -2.38. The van der Waals surface area contributed by atoms with Crippen LogP contribution in [0.3, 0.4) is 0 Å². The monoisotopic (exact) mass is 339 g/mol. The molecule has 0 saturated heterocycles. The molecule has 1 unspecified atom stereocenters. The summed E-state index contributed by atoms with van der Waals surface area (Å²) in [5, 5.41) is 12.5. The Morgan fingerprint density at radius 3 is 2.52 bits per heavy atom. The van der Waals surface area contributed by atoms with Gasteiger partial charge in [-0.15, -0.1) is 0 Å². The van der Waals surface area contributed by atoms with E-state index in [4.69, 9.17) is 12.2 Å². The van der Waals surface area contributed by atoms with Gasteiger partial charge in [0.25, 0.3) is 0 Å². The fraction of sp³-hybridized carbons (Fsp3) is 0.0625. The summed E-state index contributed by atoms with van der Waals surface area (Å²) in [6.45, 7) is 0. The zero-order valence-electron chi connectivity index (χ0n) is 12.0. The average molecular weight is 339 g/mol. The molecule has 0 spiro atoms. The van der Waals surface area contributed by atoms with Gasteiger partial charge < -0.3 is 0 Å². The van der Waals surface area contributed by atoms with Crippen LogP contribution in [0.4, 0.5) is 5.69 Å². The van der Waals surface area contributed by atoms with Gasteiger partial charge in [0.05, 0.1) is 5.69 Å². The highest BCUT2D eigenvalue weighted by Crippen LogP contribution is 2.40.